The van der Waals surface area contributed by atoms with E-state index in [1.54, 1.807) is 0 Å². The van der Waals surface area contributed by atoms with Crippen molar-refractivity contribution in [3.8, 4) is 0 Å². The number of rotatable bonds is 8. The van der Waals surface area contributed by atoms with Gasteiger partial charge in [0.25, 0.3) is 0 Å². The Morgan fingerprint density at radius 1 is 1.41 bits per heavy atom. The average molecular weight is 242 g/mol. The van der Waals surface area contributed by atoms with Crippen LogP contribution in [0.1, 0.15) is 40.0 Å². The molecule has 100 valence electrons. The van der Waals surface area contributed by atoms with Gasteiger partial charge in [-0.2, -0.15) is 0 Å². The molecule has 0 amide bonds. The molecule has 0 heterocycles. The lowest BCUT2D eigenvalue weighted by Gasteiger charge is -2.30. The van der Waals surface area contributed by atoms with Crippen molar-refractivity contribution in [3.63, 3.8) is 0 Å². The predicted molar refractivity (Wildman–Crippen MR) is 69.0 cm³/mol. The summed E-state index contributed by atoms with van der Waals surface area (Å²) in [5.41, 5.74) is -0.529. The molecular formula is C13H26N2O2. The van der Waals surface area contributed by atoms with E-state index in [1.807, 2.05) is 6.92 Å². The zero-order chi connectivity index (χ0) is 12.9. The van der Waals surface area contributed by atoms with Crippen molar-refractivity contribution in [1.82, 2.24) is 10.2 Å². The van der Waals surface area contributed by atoms with Crippen LogP contribution in [0.3, 0.4) is 0 Å². The molecular weight excluding hydrogens is 216 g/mol. The number of ether oxygens (including phenoxy) is 1. The molecule has 0 saturated heterocycles. The molecule has 1 aliphatic rings. The molecule has 1 N–H and O–H groups in total. The van der Waals surface area contributed by atoms with E-state index < -0.39 is 5.54 Å². The summed E-state index contributed by atoms with van der Waals surface area (Å²) in [5.74, 6) is -0.142. The monoisotopic (exact) mass is 242 g/mol. The minimum Gasteiger partial charge on any atom is -0.468 e. The first-order chi connectivity index (χ1) is 8.05. The van der Waals surface area contributed by atoms with Crippen LogP contribution in [0.15, 0.2) is 0 Å². The maximum atomic E-state index is 11.9. The largest absolute Gasteiger partial charge is 0.468 e. The third kappa shape index (κ3) is 4.28. The molecule has 0 bridgehead atoms. The maximum absolute atomic E-state index is 11.9. The fraction of sp³-hybridized carbons (Fsp3) is 0.923. The van der Waals surface area contributed by atoms with Gasteiger partial charge in [0.05, 0.1) is 7.11 Å². The Labute approximate surface area is 105 Å². The third-order valence-electron chi connectivity index (χ3n) is 3.56. The Morgan fingerprint density at radius 2 is 2.00 bits per heavy atom. The fourth-order valence-corrected chi connectivity index (χ4v) is 2.06. The van der Waals surface area contributed by atoms with Crippen molar-refractivity contribution in [1.29, 1.82) is 0 Å². The number of methoxy groups -OCH3 is 1. The highest BCUT2D eigenvalue weighted by atomic mass is 16.5. The van der Waals surface area contributed by atoms with E-state index in [4.69, 9.17) is 4.74 Å². The number of hydrogen-bond donors (Lipinski definition) is 1. The number of carbonyl (C=O) groups is 1. The van der Waals surface area contributed by atoms with Crippen LogP contribution in [0.4, 0.5) is 0 Å². The zero-order valence-electron chi connectivity index (χ0n) is 11.6. The summed E-state index contributed by atoms with van der Waals surface area (Å²) >= 11 is 0. The second kappa shape index (κ2) is 6.36. The Balaban J connectivity index is 2.52. The van der Waals surface area contributed by atoms with Crippen molar-refractivity contribution in [2.45, 2.75) is 51.6 Å². The summed E-state index contributed by atoms with van der Waals surface area (Å²) in [6.07, 6.45) is 3.16. The van der Waals surface area contributed by atoms with Gasteiger partial charge >= 0.3 is 5.97 Å². The fourth-order valence-electron chi connectivity index (χ4n) is 2.06. The first kappa shape index (κ1) is 14.5. The summed E-state index contributed by atoms with van der Waals surface area (Å²) in [4.78, 5) is 14.2. The first-order valence-corrected chi connectivity index (χ1v) is 6.64. The topological polar surface area (TPSA) is 41.6 Å². The molecule has 1 atom stereocenters. The Morgan fingerprint density at radius 3 is 2.41 bits per heavy atom. The van der Waals surface area contributed by atoms with Gasteiger partial charge in [0.15, 0.2) is 0 Å². The molecule has 4 heteroatoms. The molecule has 0 aromatic rings. The van der Waals surface area contributed by atoms with Gasteiger partial charge in [-0.05, 0) is 39.3 Å². The molecule has 0 radical (unpaired) electrons. The van der Waals surface area contributed by atoms with Crippen LogP contribution in [0.2, 0.25) is 0 Å². The van der Waals surface area contributed by atoms with Crippen LogP contribution in [-0.2, 0) is 9.53 Å². The standard InChI is InChI=1S/C13H26N2O2/c1-5-15(6-2)10-9-13(3,12(16)17-4)14-11-7-8-11/h11,14H,5-10H2,1-4H3. The summed E-state index contributed by atoms with van der Waals surface area (Å²) in [5, 5.41) is 3.42. The Kier molecular flexibility index (Phi) is 5.40. The number of carbonyl (C=O) groups excluding carboxylic acids is 1. The molecule has 0 aromatic heterocycles. The second-order valence-corrected chi connectivity index (χ2v) is 5.02. The van der Waals surface area contributed by atoms with E-state index in [0.29, 0.717) is 6.04 Å². The van der Waals surface area contributed by atoms with Gasteiger partial charge in [0.2, 0.25) is 0 Å². The van der Waals surface area contributed by atoms with Crippen LogP contribution in [0.25, 0.3) is 0 Å². The van der Waals surface area contributed by atoms with E-state index in [2.05, 4.69) is 24.1 Å². The molecule has 1 aliphatic carbocycles. The van der Waals surface area contributed by atoms with Gasteiger partial charge in [-0.1, -0.05) is 13.8 Å². The van der Waals surface area contributed by atoms with Gasteiger partial charge in [-0.25, -0.2) is 0 Å². The summed E-state index contributed by atoms with van der Waals surface area (Å²) in [7, 11) is 1.46. The van der Waals surface area contributed by atoms with E-state index in [9.17, 15) is 4.79 Å². The summed E-state index contributed by atoms with van der Waals surface area (Å²) in [6, 6.07) is 0.510. The second-order valence-electron chi connectivity index (χ2n) is 5.02. The zero-order valence-corrected chi connectivity index (χ0v) is 11.6. The third-order valence-corrected chi connectivity index (χ3v) is 3.56. The minimum absolute atomic E-state index is 0.142. The number of nitrogens with one attached hydrogen (secondary N) is 1. The van der Waals surface area contributed by atoms with Crippen molar-refractivity contribution in [2.75, 3.05) is 26.7 Å². The van der Waals surface area contributed by atoms with E-state index in [1.165, 1.54) is 20.0 Å². The normalized spacial score (nSPS) is 19.1. The molecule has 0 aromatic carbocycles. The average Bonchev–Trinajstić information content (AvgIpc) is 3.13. The predicted octanol–water partition coefficient (Wildman–Crippen LogP) is 1.40. The van der Waals surface area contributed by atoms with Crippen LogP contribution in [0.5, 0.6) is 0 Å². The quantitative estimate of drug-likeness (QED) is 0.653. The van der Waals surface area contributed by atoms with Crippen molar-refractivity contribution >= 4 is 5.97 Å². The van der Waals surface area contributed by atoms with Crippen molar-refractivity contribution in [3.05, 3.63) is 0 Å². The van der Waals surface area contributed by atoms with Crippen molar-refractivity contribution in [2.24, 2.45) is 0 Å². The van der Waals surface area contributed by atoms with Gasteiger partial charge in [-0.3, -0.25) is 10.1 Å². The van der Waals surface area contributed by atoms with E-state index in [0.717, 1.165) is 26.1 Å². The molecule has 1 saturated carbocycles. The van der Waals surface area contributed by atoms with Gasteiger partial charge in [0.1, 0.15) is 5.54 Å². The summed E-state index contributed by atoms with van der Waals surface area (Å²) in [6.45, 7) is 9.23. The number of hydrogen-bond acceptors (Lipinski definition) is 4. The Bertz CT molecular complexity index is 250. The number of nitrogens with zero attached hydrogens (tertiary/aromatic N) is 1. The highest BCUT2D eigenvalue weighted by molar-refractivity contribution is 5.80. The maximum Gasteiger partial charge on any atom is 0.325 e. The summed E-state index contributed by atoms with van der Waals surface area (Å²) < 4.78 is 4.92. The van der Waals surface area contributed by atoms with E-state index >= 15 is 0 Å². The molecule has 1 fully saturated rings. The molecule has 1 unspecified atom stereocenters. The van der Waals surface area contributed by atoms with Crippen LogP contribution in [-0.4, -0.2) is 49.2 Å². The molecule has 0 spiro atoms. The van der Waals surface area contributed by atoms with Crippen LogP contribution < -0.4 is 5.32 Å². The molecule has 0 aliphatic heterocycles. The lowest BCUT2D eigenvalue weighted by Crippen LogP contribution is -2.53. The highest BCUT2D eigenvalue weighted by Gasteiger charge is 2.39. The smallest absolute Gasteiger partial charge is 0.325 e. The molecule has 17 heavy (non-hydrogen) atoms. The van der Waals surface area contributed by atoms with Crippen LogP contribution in [0, 0.1) is 0 Å². The van der Waals surface area contributed by atoms with Gasteiger partial charge < -0.3 is 9.64 Å². The van der Waals surface area contributed by atoms with Gasteiger partial charge in [-0.15, -0.1) is 0 Å². The number of esters is 1. The van der Waals surface area contributed by atoms with Crippen LogP contribution >= 0.6 is 0 Å². The lowest BCUT2D eigenvalue weighted by molar-refractivity contribution is -0.148. The Hall–Kier alpha value is -0.610. The van der Waals surface area contributed by atoms with Gasteiger partial charge in [0, 0.05) is 12.6 Å². The minimum atomic E-state index is -0.529. The lowest BCUT2D eigenvalue weighted by atomic mass is 9.97. The van der Waals surface area contributed by atoms with Crippen molar-refractivity contribution < 1.29 is 9.53 Å². The SMILES string of the molecule is CCN(CC)CCC(C)(NC1CC1)C(=O)OC. The molecule has 1 rings (SSSR count). The highest BCUT2D eigenvalue weighted by Crippen LogP contribution is 2.25. The van der Waals surface area contributed by atoms with E-state index in [-0.39, 0.29) is 5.97 Å². The molecule has 4 nitrogen and oxygen atoms in total. The first-order valence-electron chi connectivity index (χ1n) is 6.64.